The normalized spacial score (nSPS) is 10.5. The van der Waals surface area contributed by atoms with Crippen LogP contribution in [0.5, 0.6) is 0 Å². The quantitative estimate of drug-likeness (QED) is 0.851. The van der Waals surface area contributed by atoms with E-state index in [9.17, 15) is 0 Å². The summed E-state index contributed by atoms with van der Waals surface area (Å²) in [5, 5.41) is 6.61. The fraction of sp³-hybridized carbons (Fsp3) is 0.294. The van der Waals surface area contributed by atoms with Gasteiger partial charge in [-0.25, -0.2) is 0 Å². The molecule has 0 unspecified atom stereocenters. The molecule has 0 aliphatic carbocycles. The SMILES string of the molecule is CNc1ccc(CNCc2ccc(C)c(C)c2)cc1. The third kappa shape index (κ3) is 3.83. The lowest BCUT2D eigenvalue weighted by Crippen LogP contribution is -2.12. The maximum atomic E-state index is 3.48. The van der Waals surface area contributed by atoms with Gasteiger partial charge in [0.1, 0.15) is 0 Å². The minimum absolute atomic E-state index is 0.900. The van der Waals surface area contributed by atoms with Gasteiger partial charge >= 0.3 is 0 Å². The lowest BCUT2D eigenvalue weighted by atomic mass is 10.1. The molecule has 2 rings (SSSR count). The highest BCUT2D eigenvalue weighted by atomic mass is 14.8. The first-order chi connectivity index (χ1) is 9.19. The standard InChI is InChI=1S/C17H22N2/c1-13-4-5-16(10-14(13)2)12-19-11-15-6-8-17(18-3)9-7-15/h4-10,18-19H,11-12H2,1-3H3. The summed E-state index contributed by atoms with van der Waals surface area (Å²) in [6.07, 6.45) is 0. The molecule has 2 nitrogen and oxygen atoms in total. The van der Waals surface area contributed by atoms with Gasteiger partial charge in [-0.15, -0.1) is 0 Å². The second-order valence-corrected chi connectivity index (χ2v) is 4.97. The molecule has 0 amide bonds. The van der Waals surface area contributed by atoms with E-state index >= 15 is 0 Å². The lowest BCUT2D eigenvalue weighted by Gasteiger charge is -2.08. The Morgan fingerprint density at radius 2 is 1.42 bits per heavy atom. The average molecular weight is 254 g/mol. The molecule has 0 heterocycles. The number of anilines is 1. The van der Waals surface area contributed by atoms with Crippen LogP contribution in [0, 0.1) is 13.8 Å². The minimum atomic E-state index is 0.900. The van der Waals surface area contributed by atoms with Crippen LogP contribution in [0.3, 0.4) is 0 Å². The number of benzene rings is 2. The summed E-state index contributed by atoms with van der Waals surface area (Å²) in [5.41, 5.74) is 6.51. The molecule has 2 heteroatoms. The van der Waals surface area contributed by atoms with Crippen LogP contribution < -0.4 is 10.6 Å². The third-order valence-electron chi connectivity index (χ3n) is 3.47. The van der Waals surface area contributed by atoms with Crippen molar-refractivity contribution in [3.05, 3.63) is 64.7 Å². The number of hydrogen-bond acceptors (Lipinski definition) is 2. The van der Waals surface area contributed by atoms with Gasteiger partial charge in [-0.2, -0.15) is 0 Å². The molecule has 0 spiro atoms. The summed E-state index contributed by atoms with van der Waals surface area (Å²) in [7, 11) is 1.94. The van der Waals surface area contributed by atoms with Crippen molar-refractivity contribution in [2.45, 2.75) is 26.9 Å². The molecule has 2 aromatic rings. The zero-order valence-corrected chi connectivity index (χ0v) is 12.0. The third-order valence-corrected chi connectivity index (χ3v) is 3.47. The first-order valence-corrected chi connectivity index (χ1v) is 6.72. The highest BCUT2D eigenvalue weighted by Crippen LogP contribution is 2.11. The van der Waals surface area contributed by atoms with E-state index < -0.39 is 0 Å². The van der Waals surface area contributed by atoms with E-state index in [1.165, 1.54) is 22.3 Å². The molecule has 2 N–H and O–H groups in total. The molecule has 0 fully saturated rings. The molecule has 0 aliphatic rings. The van der Waals surface area contributed by atoms with Crippen molar-refractivity contribution in [1.82, 2.24) is 5.32 Å². The Kier molecular flexibility index (Phi) is 4.58. The minimum Gasteiger partial charge on any atom is -0.388 e. The van der Waals surface area contributed by atoms with Crippen molar-refractivity contribution in [2.75, 3.05) is 12.4 Å². The molecule has 0 radical (unpaired) electrons. The predicted molar refractivity (Wildman–Crippen MR) is 82.4 cm³/mol. The predicted octanol–water partition coefficient (Wildman–Crippen LogP) is 3.63. The molecule has 0 aliphatic heterocycles. The highest BCUT2D eigenvalue weighted by molar-refractivity contribution is 5.43. The zero-order valence-electron chi connectivity index (χ0n) is 12.0. The number of aryl methyl sites for hydroxylation is 2. The summed E-state index contributed by atoms with van der Waals surface area (Å²) in [6.45, 7) is 6.12. The highest BCUT2D eigenvalue weighted by Gasteiger charge is 1.97. The van der Waals surface area contributed by atoms with E-state index in [1.807, 2.05) is 7.05 Å². The molecule has 0 aromatic heterocycles. The molecular formula is C17H22N2. The van der Waals surface area contributed by atoms with Gasteiger partial charge in [0, 0.05) is 25.8 Å². The maximum Gasteiger partial charge on any atom is 0.0337 e. The van der Waals surface area contributed by atoms with Gasteiger partial charge in [0.2, 0.25) is 0 Å². The van der Waals surface area contributed by atoms with Crippen LogP contribution in [0.15, 0.2) is 42.5 Å². The average Bonchev–Trinajstić information content (AvgIpc) is 2.43. The molecular weight excluding hydrogens is 232 g/mol. The Labute approximate surface area is 115 Å². The Hall–Kier alpha value is -1.80. The largest absolute Gasteiger partial charge is 0.388 e. The lowest BCUT2D eigenvalue weighted by molar-refractivity contribution is 0.693. The van der Waals surface area contributed by atoms with Gasteiger partial charge in [-0.1, -0.05) is 30.3 Å². The van der Waals surface area contributed by atoms with Crippen LogP contribution in [0.2, 0.25) is 0 Å². The summed E-state index contributed by atoms with van der Waals surface area (Å²) < 4.78 is 0. The van der Waals surface area contributed by atoms with E-state index in [-0.39, 0.29) is 0 Å². The fourth-order valence-electron chi connectivity index (χ4n) is 2.05. The Bertz CT molecular complexity index is 529. The molecule has 0 bridgehead atoms. The van der Waals surface area contributed by atoms with E-state index in [2.05, 4.69) is 66.9 Å². The molecule has 100 valence electrons. The van der Waals surface area contributed by atoms with Crippen molar-refractivity contribution in [3.8, 4) is 0 Å². The van der Waals surface area contributed by atoms with Gasteiger partial charge in [-0.05, 0) is 48.2 Å². The Balaban J connectivity index is 1.86. The topological polar surface area (TPSA) is 24.1 Å². The van der Waals surface area contributed by atoms with E-state index in [0.717, 1.165) is 18.8 Å². The Morgan fingerprint density at radius 3 is 2.05 bits per heavy atom. The van der Waals surface area contributed by atoms with E-state index in [4.69, 9.17) is 0 Å². The Morgan fingerprint density at radius 1 is 0.789 bits per heavy atom. The number of rotatable bonds is 5. The van der Waals surface area contributed by atoms with Crippen molar-refractivity contribution in [3.63, 3.8) is 0 Å². The second kappa shape index (κ2) is 6.39. The van der Waals surface area contributed by atoms with Gasteiger partial charge in [-0.3, -0.25) is 0 Å². The monoisotopic (exact) mass is 254 g/mol. The summed E-state index contributed by atoms with van der Waals surface area (Å²) >= 11 is 0. The van der Waals surface area contributed by atoms with Gasteiger partial charge < -0.3 is 10.6 Å². The zero-order chi connectivity index (χ0) is 13.7. The maximum absolute atomic E-state index is 3.48. The van der Waals surface area contributed by atoms with Crippen LogP contribution in [0.25, 0.3) is 0 Å². The molecule has 2 aromatic carbocycles. The fourth-order valence-corrected chi connectivity index (χ4v) is 2.05. The van der Waals surface area contributed by atoms with Crippen LogP contribution in [0.4, 0.5) is 5.69 Å². The molecule has 19 heavy (non-hydrogen) atoms. The summed E-state index contributed by atoms with van der Waals surface area (Å²) in [6, 6.07) is 15.2. The van der Waals surface area contributed by atoms with E-state index in [1.54, 1.807) is 0 Å². The van der Waals surface area contributed by atoms with Crippen molar-refractivity contribution < 1.29 is 0 Å². The van der Waals surface area contributed by atoms with Gasteiger partial charge in [0.15, 0.2) is 0 Å². The van der Waals surface area contributed by atoms with Gasteiger partial charge in [0.05, 0.1) is 0 Å². The van der Waals surface area contributed by atoms with Gasteiger partial charge in [0.25, 0.3) is 0 Å². The van der Waals surface area contributed by atoms with Crippen molar-refractivity contribution in [1.29, 1.82) is 0 Å². The summed E-state index contributed by atoms with van der Waals surface area (Å²) in [5.74, 6) is 0. The van der Waals surface area contributed by atoms with Crippen LogP contribution in [0.1, 0.15) is 22.3 Å². The van der Waals surface area contributed by atoms with Crippen molar-refractivity contribution >= 4 is 5.69 Å². The van der Waals surface area contributed by atoms with E-state index in [0.29, 0.717) is 0 Å². The smallest absolute Gasteiger partial charge is 0.0337 e. The first-order valence-electron chi connectivity index (χ1n) is 6.72. The molecule has 0 saturated heterocycles. The molecule has 0 saturated carbocycles. The number of hydrogen-bond donors (Lipinski definition) is 2. The van der Waals surface area contributed by atoms with Crippen LogP contribution >= 0.6 is 0 Å². The summed E-state index contributed by atoms with van der Waals surface area (Å²) in [4.78, 5) is 0. The van der Waals surface area contributed by atoms with Crippen LogP contribution in [-0.2, 0) is 13.1 Å². The second-order valence-electron chi connectivity index (χ2n) is 4.97. The van der Waals surface area contributed by atoms with Crippen molar-refractivity contribution in [2.24, 2.45) is 0 Å². The molecule has 0 atom stereocenters. The van der Waals surface area contributed by atoms with Crippen LogP contribution in [-0.4, -0.2) is 7.05 Å². The number of nitrogens with one attached hydrogen (secondary N) is 2. The first kappa shape index (κ1) is 13.6.